The number of rotatable bonds is 7. The maximum Gasteiger partial charge on any atom is 0.224 e. The third-order valence-electron chi connectivity index (χ3n) is 3.52. The molecule has 7 heteroatoms. The molecule has 2 aromatic heterocycles. The fourth-order valence-electron chi connectivity index (χ4n) is 2.26. The van der Waals surface area contributed by atoms with Gasteiger partial charge in [-0.1, -0.05) is 35.3 Å². The maximum atomic E-state index is 6.18. The van der Waals surface area contributed by atoms with E-state index in [1.54, 1.807) is 18.5 Å². The minimum atomic E-state index is 0.556. The molecule has 128 valence electrons. The van der Waals surface area contributed by atoms with Crippen LogP contribution in [0.1, 0.15) is 11.3 Å². The van der Waals surface area contributed by atoms with Gasteiger partial charge in [0, 0.05) is 29.0 Å². The number of benzene rings is 1. The van der Waals surface area contributed by atoms with Crippen molar-refractivity contribution in [3.8, 4) is 0 Å². The Morgan fingerprint density at radius 2 is 1.84 bits per heavy atom. The average molecular weight is 374 g/mol. The van der Waals surface area contributed by atoms with Crippen LogP contribution in [-0.4, -0.2) is 21.5 Å². The highest BCUT2D eigenvalue weighted by Crippen LogP contribution is 2.21. The van der Waals surface area contributed by atoms with Gasteiger partial charge in [-0.15, -0.1) is 0 Å². The zero-order chi connectivity index (χ0) is 17.5. The monoisotopic (exact) mass is 373 g/mol. The zero-order valence-electron chi connectivity index (χ0n) is 13.4. The van der Waals surface area contributed by atoms with E-state index < -0.39 is 0 Å². The summed E-state index contributed by atoms with van der Waals surface area (Å²) in [6.07, 6.45) is 4.25. The fraction of sp³-hybridized carbons (Fsp3) is 0.167. The molecule has 2 N–H and O–H groups in total. The molecule has 3 aromatic rings. The Morgan fingerprint density at radius 1 is 0.920 bits per heavy atom. The van der Waals surface area contributed by atoms with Crippen LogP contribution in [0.15, 0.2) is 54.9 Å². The molecular formula is C18H17Cl2N5. The molecule has 0 amide bonds. The second kappa shape index (κ2) is 8.65. The molecule has 25 heavy (non-hydrogen) atoms. The predicted molar refractivity (Wildman–Crippen MR) is 102 cm³/mol. The number of anilines is 2. The molecule has 0 spiro atoms. The summed E-state index contributed by atoms with van der Waals surface area (Å²) in [5.41, 5.74) is 1.97. The van der Waals surface area contributed by atoms with Gasteiger partial charge >= 0.3 is 0 Å². The van der Waals surface area contributed by atoms with E-state index in [9.17, 15) is 0 Å². The van der Waals surface area contributed by atoms with E-state index in [-0.39, 0.29) is 0 Å². The number of nitrogens with zero attached hydrogens (tertiary/aromatic N) is 3. The van der Waals surface area contributed by atoms with E-state index in [0.29, 0.717) is 29.1 Å². The number of hydrogen-bond donors (Lipinski definition) is 2. The van der Waals surface area contributed by atoms with Crippen molar-refractivity contribution in [2.75, 3.05) is 17.2 Å². The molecule has 3 rings (SSSR count). The van der Waals surface area contributed by atoms with Gasteiger partial charge < -0.3 is 10.6 Å². The molecule has 0 aliphatic carbocycles. The first-order chi connectivity index (χ1) is 12.2. The Bertz CT molecular complexity index is 827. The molecular weight excluding hydrogens is 357 g/mol. The third-order valence-corrected chi connectivity index (χ3v) is 4.11. The highest BCUT2D eigenvalue weighted by atomic mass is 35.5. The van der Waals surface area contributed by atoms with E-state index in [0.717, 1.165) is 23.5 Å². The zero-order valence-corrected chi connectivity index (χ0v) is 14.9. The molecule has 0 aliphatic heterocycles. The van der Waals surface area contributed by atoms with Crippen LogP contribution in [-0.2, 0) is 13.0 Å². The maximum absolute atomic E-state index is 6.18. The van der Waals surface area contributed by atoms with Crippen LogP contribution in [0.25, 0.3) is 0 Å². The van der Waals surface area contributed by atoms with Crippen LogP contribution in [0.3, 0.4) is 0 Å². The summed E-state index contributed by atoms with van der Waals surface area (Å²) in [6.45, 7) is 1.28. The lowest BCUT2D eigenvalue weighted by molar-refractivity contribution is 0.979. The second-order valence-electron chi connectivity index (χ2n) is 5.35. The molecule has 0 unspecified atom stereocenters. The molecule has 0 atom stereocenters. The van der Waals surface area contributed by atoms with E-state index in [1.165, 1.54) is 0 Å². The van der Waals surface area contributed by atoms with Crippen LogP contribution in [0.2, 0.25) is 10.0 Å². The SMILES string of the molecule is Clc1ccc(CCNc2ccnc(NCc3ccccn3)n2)c(Cl)c1. The largest absolute Gasteiger partial charge is 0.370 e. The van der Waals surface area contributed by atoms with Gasteiger partial charge in [-0.05, 0) is 42.3 Å². The van der Waals surface area contributed by atoms with Gasteiger partial charge in [-0.2, -0.15) is 4.98 Å². The summed E-state index contributed by atoms with van der Waals surface area (Å²) < 4.78 is 0. The molecule has 5 nitrogen and oxygen atoms in total. The first kappa shape index (κ1) is 17.5. The number of nitrogens with one attached hydrogen (secondary N) is 2. The quantitative estimate of drug-likeness (QED) is 0.640. The van der Waals surface area contributed by atoms with Gasteiger partial charge in [-0.25, -0.2) is 4.98 Å². The lowest BCUT2D eigenvalue weighted by Gasteiger charge is -2.09. The fourth-order valence-corrected chi connectivity index (χ4v) is 2.77. The molecule has 0 fully saturated rings. The smallest absolute Gasteiger partial charge is 0.224 e. The molecule has 0 radical (unpaired) electrons. The minimum absolute atomic E-state index is 0.556. The summed E-state index contributed by atoms with van der Waals surface area (Å²) in [5.74, 6) is 1.31. The van der Waals surface area contributed by atoms with E-state index in [1.807, 2.05) is 36.4 Å². The van der Waals surface area contributed by atoms with Gasteiger partial charge in [0.1, 0.15) is 5.82 Å². The molecule has 0 saturated carbocycles. The van der Waals surface area contributed by atoms with E-state index in [2.05, 4.69) is 25.6 Å². The number of aromatic nitrogens is 3. The summed E-state index contributed by atoms with van der Waals surface area (Å²) in [5, 5.41) is 7.76. The van der Waals surface area contributed by atoms with Gasteiger partial charge in [0.05, 0.1) is 12.2 Å². The number of hydrogen-bond acceptors (Lipinski definition) is 5. The van der Waals surface area contributed by atoms with Crippen molar-refractivity contribution < 1.29 is 0 Å². The molecule has 0 bridgehead atoms. The van der Waals surface area contributed by atoms with E-state index >= 15 is 0 Å². The minimum Gasteiger partial charge on any atom is -0.370 e. The van der Waals surface area contributed by atoms with Gasteiger partial charge in [-0.3, -0.25) is 4.98 Å². The Kier molecular flexibility index (Phi) is 6.04. The van der Waals surface area contributed by atoms with Crippen molar-refractivity contribution in [1.82, 2.24) is 15.0 Å². The van der Waals surface area contributed by atoms with Crippen molar-refractivity contribution in [2.45, 2.75) is 13.0 Å². The van der Waals surface area contributed by atoms with Crippen molar-refractivity contribution >= 4 is 35.0 Å². The van der Waals surface area contributed by atoms with Crippen LogP contribution >= 0.6 is 23.2 Å². The van der Waals surface area contributed by atoms with Gasteiger partial charge in [0.2, 0.25) is 5.95 Å². The summed E-state index contributed by atoms with van der Waals surface area (Å²) in [6, 6.07) is 13.1. The van der Waals surface area contributed by atoms with Crippen LogP contribution in [0.4, 0.5) is 11.8 Å². The Balaban J connectivity index is 1.53. The van der Waals surface area contributed by atoms with Crippen molar-refractivity contribution in [3.05, 3.63) is 76.2 Å². The summed E-state index contributed by atoms with van der Waals surface area (Å²) >= 11 is 12.1. The standard InChI is InChI=1S/C18H17Cl2N5/c19-14-5-4-13(16(20)11-14)6-9-22-17-7-10-23-18(25-17)24-12-15-3-1-2-8-21-15/h1-5,7-8,10-11H,6,9,12H2,(H2,22,23,24,25). The van der Waals surface area contributed by atoms with Crippen molar-refractivity contribution in [1.29, 1.82) is 0 Å². The number of halogens is 2. The normalized spacial score (nSPS) is 10.5. The first-order valence-corrected chi connectivity index (χ1v) is 8.61. The average Bonchev–Trinajstić information content (AvgIpc) is 2.63. The summed E-state index contributed by atoms with van der Waals surface area (Å²) in [7, 11) is 0. The van der Waals surface area contributed by atoms with Gasteiger partial charge in [0.15, 0.2) is 0 Å². The molecule has 2 heterocycles. The summed E-state index contributed by atoms with van der Waals surface area (Å²) in [4.78, 5) is 12.9. The molecule has 1 aromatic carbocycles. The second-order valence-corrected chi connectivity index (χ2v) is 6.20. The lowest BCUT2D eigenvalue weighted by Crippen LogP contribution is -2.09. The van der Waals surface area contributed by atoms with Crippen molar-refractivity contribution in [3.63, 3.8) is 0 Å². The Morgan fingerprint density at radius 3 is 2.64 bits per heavy atom. The molecule has 0 saturated heterocycles. The van der Waals surface area contributed by atoms with Crippen LogP contribution in [0.5, 0.6) is 0 Å². The van der Waals surface area contributed by atoms with Crippen LogP contribution in [0, 0.1) is 0 Å². The van der Waals surface area contributed by atoms with Crippen LogP contribution < -0.4 is 10.6 Å². The number of pyridine rings is 1. The molecule has 0 aliphatic rings. The topological polar surface area (TPSA) is 62.7 Å². The van der Waals surface area contributed by atoms with Gasteiger partial charge in [0.25, 0.3) is 0 Å². The van der Waals surface area contributed by atoms with Crippen molar-refractivity contribution in [2.24, 2.45) is 0 Å². The highest BCUT2D eigenvalue weighted by Gasteiger charge is 2.03. The lowest BCUT2D eigenvalue weighted by atomic mass is 10.1. The highest BCUT2D eigenvalue weighted by molar-refractivity contribution is 6.35. The van der Waals surface area contributed by atoms with E-state index in [4.69, 9.17) is 23.2 Å². The Labute approximate surface area is 156 Å². The predicted octanol–water partition coefficient (Wildman–Crippen LogP) is 4.45. The first-order valence-electron chi connectivity index (χ1n) is 7.85. The third kappa shape index (κ3) is 5.31. The Hall–Kier alpha value is -2.37.